The topological polar surface area (TPSA) is 49.8 Å². The van der Waals surface area contributed by atoms with Crippen LogP contribution in [-0.2, 0) is 16.0 Å². The van der Waals surface area contributed by atoms with Crippen LogP contribution in [0.25, 0.3) is 0 Å². The molecule has 0 amide bonds. The van der Waals surface area contributed by atoms with Crippen molar-refractivity contribution in [3.8, 4) is 0 Å². The lowest BCUT2D eigenvalue weighted by Crippen LogP contribution is -2.24. The molecule has 2 rings (SSSR count). The van der Waals surface area contributed by atoms with Crippen LogP contribution in [0.2, 0.25) is 0 Å². The summed E-state index contributed by atoms with van der Waals surface area (Å²) in [6, 6.07) is 6.32. The first kappa shape index (κ1) is 15.6. The van der Waals surface area contributed by atoms with Crippen molar-refractivity contribution in [3.05, 3.63) is 29.8 Å². The van der Waals surface area contributed by atoms with Gasteiger partial charge in [0.05, 0.1) is 12.5 Å². The Bertz CT molecular complexity index is 504. The maximum atomic E-state index is 12.4. The molecule has 1 fully saturated rings. The van der Waals surface area contributed by atoms with E-state index in [1.807, 2.05) is 4.90 Å². The van der Waals surface area contributed by atoms with Gasteiger partial charge >= 0.3 is 12.1 Å². The highest BCUT2D eigenvalue weighted by molar-refractivity contribution is 5.68. The zero-order valence-corrected chi connectivity index (χ0v) is 11.3. The fourth-order valence-corrected chi connectivity index (χ4v) is 2.38. The van der Waals surface area contributed by atoms with Gasteiger partial charge in [-0.3, -0.25) is 0 Å². The molecule has 1 aliphatic heterocycles. The van der Waals surface area contributed by atoms with Crippen LogP contribution >= 0.6 is 0 Å². The van der Waals surface area contributed by atoms with Crippen molar-refractivity contribution in [3.63, 3.8) is 0 Å². The Morgan fingerprint density at radius 2 is 2.19 bits per heavy atom. The second kappa shape index (κ2) is 6.34. The number of carboxylic acids is 1. The van der Waals surface area contributed by atoms with Crippen molar-refractivity contribution in [1.82, 2.24) is 0 Å². The Labute approximate surface area is 120 Å². The summed E-state index contributed by atoms with van der Waals surface area (Å²) in [6.45, 7) is 0.773. The largest absolute Gasteiger partial charge is 0.480 e. The molecular weight excluding hydrogens is 287 g/mol. The normalized spacial score (nSPS) is 19.0. The van der Waals surface area contributed by atoms with Gasteiger partial charge in [-0.15, -0.1) is 0 Å². The zero-order chi connectivity index (χ0) is 15.5. The molecule has 1 heterocycles. The Morgan fingerprint density at radius 3 is 2.86 bits per heavy atom. The van der Waals surface area contributed by atoms with E-state index >= 15 is 0 Å². The predicted molar refractivity (Wildman–Crippen MR) is 70.4 cm³/mol. The molecule has 0 radical (unpaired) electrons. The lowest BCUT2D eigenvalue weighted by atomic mass is 10.1. The van der Waals surface area contributed by atoms with Crippen LogP contribution in [0.3, 0.4) is 0 Å². The number of aliphatic carboxylic acids is 1. The highest BCUT2D eigenvalue weighted by Gasteiger charge is 2.28. The van der Waals surface area contributed by atoms with Gasteiger partial charge in [-0.05, 0) is 24.1 Å². The second-order valence-electron chi connectivity index (χ2n) is 5.02. The SMILES string of the molecule is O=C(O)COC1CCN(c2cccc(CC(F)(F)F)c2)C1. The number of hydrogen-bond donors (Lipinski definition) is 1. The first-order chi connectivity index (χ1) is 9.83. The maximum absolute atomic E-state index is 12.4. The zero-order valence-electron chi connectivity index (χ0n) is 11.3. The van der Waals surface area contributed by atoms with Crippen molar-refractivity contribution < 1.29 is 27.8 Å². The lowest BCUT2D eigenvalue weighted by molar-refractivity contribution is -0.143. The molecular formula is C14H16F3NO3. The molecule has 0 aromatic heterocycles. The van der Waals surface area contributed by atoms with Crippen molar-refractivity contribution in [1.29, 1.82) is 0 Å². The Kier molecular flexibility index (Phi) is 4.72. The average molecular weight is 303 g/mol. The van der Waals surface area contributed by atoms with Gasteiger partial charge in [0.2, 0.25) is 0 Å². The summed E-state index contributed by atoms with van der Waals surface area (Å²) < 4.78 is 42.4. The minimum Gasteiger partial charge on any atom is -0.480 e. The van der Waals surface area contributed by atoms with Crippen molar-refractivity contribution >= 4 is 11.7 Å². The van der Waals surface area contributed by atoms with E-state index in [4.69, 9.17) is 9.84 Å². The van der Waals surface area contributed by atoms with Crippen LogP contribution in [0, 0.1) is 0 Å². The van der Waals surface area contributed by atoms with E-state index in [9.17, 15) is 18.0 Å². The number of benzene rings is 1. The number of carbonyl (C=O) groups is 1. The van der Waals surface area contributed by atoms with Crippen LogP contribution in [0.1, 0.15) is 12.0 Å². The number of anilines is 1. The van der Waals surface area contributed by atoms with E-state index in [1.54, 1.807) is 12.1 Å². The standard InChI is InChI=1S/C14H16F3NO3/c15-14(16,17)7-10-2-1-3-11(6-10)18-5-4-12(8-18)21-9-13(19)20/h1-3,6,12H,4-5,7-9H2,(H,19,20). The molecule has 1 saturated heterocycles. The smallest absolute Gasteiger partial charge is 0.393 e. The molecule has 4 nitrogen and oxygen atoms in total. The molecule has 1 aromatic carbocycles. The monoisotopic (exact) mass is 303 g/mol. The summed E-state index contributed by atoms with van der Waals surface area (Å²) in [5, 5.41) is 8.56. The van der Waals surface area contributed by atoms with E-state index < -0.39 is 18.6 Å². The quantitative estimate of drug-likeness (QED) is 0.908. The summed E-state index contributed by atoms with van der Waals surface area (Å²) >= 11 is 0. The van der Waals surface area contributed by atoms with Gasteiger partial charge in [0.15, 0.2) is 0 Å². The van der Waals surface area contributed by atoms with Gasteiger partial charge < -0.3 is 14.7 Å². The van der Waals surface area contributed by atoms with Gasteiger partial charge in [-0.25, -0.2) is 4.79 Å². The Morgan fingerprint density at radius 1 is 1.43 bits per heavy atom. The van der Waals surface area contributed by atoms with Gasteiger partial charge in [0, 0.05) is 18.8 Å². The molecule has 0 aliphatic carbocycles. The third kappa shape index (κ3) is 4.93. The highest BCUT2D eigenvalue weighted by atomic mass is 19.4. The number of alkyl halides is 3. The highest BCUT2D eigenvalue weighted by Crippen LogP contribution is 2.26. The molecule has 116 valence electrons. The lowest BCUT2D eigenvalue weighted by Gasteiger charge is -2.19. The molecule has 0 saturated carbocycles. The number of ether oxygens (including phenoxy) is 1. The fourth-order valence-electron chi connectivity index (χ4n) is 2.38. The van der Waals surface area contributed by atoms with E-state index in [-0.39, 0.29) is 18.3 Å². The first-order valence-corrected chi connectivity index (χ1v) is 6.57. The van der Waals surface area contributed by atoms with Crippen LogP contribution in [-0.4, -0.2) is 43.1 Å². The molecule has 0 spiro atoms. The van der Waals surface area contributed by atoms with Gasteiger partial charge in [-0.1, -0.05) is 12.1 Å². The summed E-state index contributed by atoms with van der Waals surface area (Å²) in [6.07, 6.45) is -4.71. The summed E-state index contributed by atoms with van der Waals surface area (Å²) in [7, 11) is 0. The minimum atomic E-state index is -4.23. The third-order valence-corrected chi connectivity index (χ3v) is 3.27. The molecule has 1 atom stereocenters. The molecule has 7 heteroatoms. The molecule has 0 bridgehead atoms. The average Bonchev–Trinajstić information content (AvgIpc) is 2.83. The number of rotatable bonds is 5. The summed E-state index contributed by atoms with van der Waals surface area (Å²) in [5.41, 5.74) is 0.924. The van der Waals surface area contributed by atoms with E-state index in [0.717, 1.165) is 0 Å². The van der Waals surface area contributed by atoms with Crippen molar-refractivity contribution in [2.75, 3.05) is 24.6 Å². The van der Waals surface area contributed by atoms with Crippen LogP contribution < -0.4 is 4.90 Å². The van der Waals surface area contributed by atoms with Crippen molar-refractivity contribution in [2.24, 2.45) is 0 Å². The summed E-state index contributed by atoms with van der Waals surface area (Å²) in [5.74, 6) is -1.03. The van der Waals surface area contributed by atoms with Gasteiger partial charge in [0.1, 0.15) is 6.61 Å². The van der Waals surface area contributed by atoms with Crippen molar-refractivity contribution in [2.45, 2.75) is 25.1 Å². The fraction of sp³-hybridized carbons (Fsp3) is 0.500. The Hall–Kier alpha value is -1.76. The molecule has 1 N–H and O–H groups in total. The Balaban J connectivity index is 1.96. The van der Waals surface area contributed by atoms with Gasteiger partial charge in [-0.2, -0.15) is 13.2 Å². The predicted octanol–water partition coefficient (Wildman–Crippen LogP) is 2.47. The molecule has 21 heavy (non-hydrogen) atoms. The second-order valence-corrected chi connectivity index (χ2v) is 5.02. The molecule has 1 unspecified atom stereocenters. The van der Waals surface area contributed by atoms with Crippen LogP contribution in [0.4, 0.5) is 18.9 Å². The number of nitrogens with zero attached hydrogens (tertiary/aromatic N) is 1. The van der Waals surface area contributed by atoms with E-state index in [1.165, 1.54) is 12.1 Å². The van der Waals surface area contributed by atoms with Crippen LogP contribution in [0.5, 0.6) is 0 Å². The third-order valence-electron chi connectivity index (χ3n) is 3.27. The van der Waals surface area contributed by atoms with E-state index in [2.05, 4.69) is 0 Å². The van der Waals surface area contributed by atoms with Crippen LogP contribution in [0.15, 0.2) is 24.3 Å². The minimum absolute atomic E-state index is 0.202. The number of halogens is 3. The van der Waals surface area contributed by atoms with Gasteiger partial charge in [0.25, 0.3) is 0 Å². The first-order valence-electron chi connectivity index (χ1n) is 6.57. The van der Waals surface area contributed by atoms with E-state index in [0.29, 0.717) is 25.2 Å². The summed E-state index contributed by atoms with van der Waals surface area (Å²) in [4.78, 5) is 12.3. The molecule has 1 aliphatic rings. The number of carboxylic acid groups (broad SMARTS) is 1. The number of hydrogen-bond acceptors (Lipinski definition) is 3. The maximum Gasteiger partial charge on any atom is 0.393 e. The molecule has 1 aromatic rings.